The Morgan fingerprint density at radius 1 is 1.16 bits per heavy atom. The molecule has 0 aliphatic rings. The third-order valence-electron chi connectivity index (χ3n) is 4.57. The Hall–Kier alpha value is -4.05. The number of rotatable bonds is 9. The predicted molar refractivity (Wildman–Crippen MR) is 117 cm³/mol. The molecule has 1 amide bonds. The maximum Gasteiger partial charge on any atom is 0.344 e. The van der Waals surface area contributed by atoms with Gasteiger partial charge >= 0.3 is 5.97 Å². The first-order valence-electron chi connectivity index (χ1n) is 9.94. The molecule has 0 saturated carbocycles. The molecule has 0 saturated heterocycles. The van der Waals surface area contributed by atoms with Crippen LogP contribution in [0.25, 0.3) is 17.0 Å². The number of carbonyl (C=O) groups is 2. The molecule has 0 atom stereocenters. The summed E-state index contributed by atoms with van der Waals surface area (Å²) in [7, 11) is 0. The van der Waals surface area contributed by atoms with Crippen molar-refractivity contribution in [2.45, 2.75) is 13.3 Å². The fraction of sp³-hybridized carbons (Fsp3) is 0.208. The second kappa shape index (κ2) is 10.6. The minimum absolute atomic E-state index is 0.0131. The second-order valence-electron chi connectivity index (χ2n) is 6.70. The summed E-state index contributed by atoms with van der Waals surface area (Å²) >= 11 is 0. The van der Waals surface area contributed by atoms with Crippen LogP contribution in [0.3, 0.4) is 0 Å². The molecule has 0 aliphatic heterocycles. The Labute approximate surface area is 180 Å². The van der Waals surface area contributed by atoms with Crippen LogP contribution in [-0.2, 0) is 20.7 Å². The number of nitrogens with zero attached hydrogens (tertiary/aromatic N) is 1. The van der Waals surface area contributed by atoms with Gasteiger partial charge in [-0.2, -0.15) is 5.26 Å². The fourth-order valence-corrected chi connectivity index (χ4v) is 3.06. The first kappa shape index (κ1) is 21.7. The van der Waals surface area contributed by atoms with Crippen molar-refractivity contribution in [3.63, 3.8) is 0 Å². The average Bonchev–Trinajstić information content (AvgIpc) is 3.20. The average molecular weight is 417 g/mol. The van der Waals surface area contributed by atoms with Crippen molar-refractivity contribution in [2.24, 2.45) is 0 Å². The van der Waals surface area contributed by atoms with Crippen LogP contribution in [0.15, 0.2) is 60.3 Å². The third-order valence-corrected chi connectivity index (χ3v) is 4.57. The Morgan fingerprint density at radius 2 is 1.94 bits per heavy atom. The monoisotopic (exact) mass is 417 g/mol. The lowest BCUT2D eigenvalue weighted by Crippen LogP contribution is -2.26. The summed E-state index contributed by atoms with van der Waals surface area (Å²) in [6, 6.07) is 16.6. The first-order chi connectivity index (χ1) is 15.1. The van der Waals surface area contributed by atoms with E-state index in [0.717, 1.165) is 16.5 Å². The number of esters is 1. The molecule has 0 bridgehead atoms. The van der Waals surface area contributed by atoms with Gasteiger partial charge in [0.25, 0.3) is 5.91 Å². The van der Waals surface area contributed by atoms with Crippen molar-refractivity contribution in [2.75, 3.05) is 19.8 Å². The topological polar surface area (TPSA) is 104 Å². The van der Waals surface area contributed by atoms with Crippen LogP contribution < -0.4 is 10.1 Å². The number of aromatic nitrogens is 1. The molecule has 0 unspecified atom stereocenters. The number of ether oxygens (including phenoxy) is 2. The zero-order valence-electron chi connectivity index (χ0n) is 17.2. The van der Waals surface area contributed by atoms with Gasteiger partial charge in [0.05, 0.1) is 6.61 Å². The number of fused-ring (bicyclic) bond motifs is 1. The van der Waals surface area contributed by atoms with E-state index in [2.05, 4.69) is 10.3 Å². The van der Waals surface area contributed by atoms with Crippen molar-refractivity contribution >= 4 is 28.9 Å². The highest BCUT2D eigenvalue weighted by Gasteiger charge is 2.10. The maximum atomic E-state index is 12.4. The molecule has 2 aromatic carbocycles. The van der Waals surface area contributed by atoms with E-state index in [9.17, 15) is 14.9 Å². The molecule has 158 valence electrons. The summed E-state index contributed by atoms with van der Waals surface area (Å²) < 4.78 is 10.1. The third kappa shape index (κ3) is 5.97. The zero-order chi connectivity index (χ0) is 22.1. The lowest BCUT2D eigenvalue weighted by Gasteiger charge is -2.06. The van der Waals surface area contributed by atoms with Crippen molar-refractivity contribution in [3.8, 4) is 11.8 Å². The summed E-state index contributed by atoms with van der Waals surface area (Å²) in [5.41, 5.74) is 2.85. The van der Waals surface area contributed by atoms with Gasteiger partial charge in [0.2, 0.25) is 0 Å². The minimum atomic E-state index is -0.442. The van der Waals surface area contributed by atoms with Crippen LogP contribution >= 0.6 is 0 Å². The van der Waals surface area contributed by atoms with Crippen LogP contribution in [0.1, 0.15) is 18.1 Å². The largest absolute Gasteiger partial charge is 0.482 e. The number of H-pyrrole nitrogens is 1. The Morgan fingerprint density at radius 3 is 2.68 bits per heavy atom. The summed E-state index contributed by atoms with van der Waals surface area (Å²) in [4.78, 5) is 26.9. The van der Waals surface area contributed by atoms with Crippen molar-refractivity contribution in [1.82, 2.24) is 10.3 Å². The van der Waals surface area contributed by atoms with Crippen LogP contribution in [0.5, 0.6) is 5.75 Å². The van der Waals surface area contributed by atoms with Crippen molar-refractivity contribution < 1.29 is 19.1 Å². The number of benzene rings is 2. The van der Waals surface area contributed by atoms with Gasteiger partial charge in [-0.1, -0.05) is 30.3 Å². The lowest BCUT2D eigenvalue weighted by molar-refractivity contribution is -0.145. The molecule has 0 spiro atoms. The number of nitrogens with one attached hydrogen (secondary N) is 2. The molecular formula is C24H23N3O4. The van der Waals surface area contributed by atoms with Gasteiger partial charge in [0.15, 0.2) is 6.61 Å². The van der Waals surface area contributed by atoms with E-state index in [-0.39, 0.29) is 12.2 Å². The van der Waals surface area contributed by atoms with E-state index in [4.69, 9.17) is 9.47 Å². The molecule has 1 heterocycles. The smallest absolute Gasteiger partial charge is 0.344 e. The summed E-state index contributed by atoms with van der Waals surface area (Å²) in [6.07, 6.45) is 4.10. The molecule has 0 radical (unpaired) electrons. The number of aromatic amines is 1. The molecule has 31 heavy (non-hydrogen) atoms. The lowest BCUT2D eigenvalue weighted by atomic mass is 10.1. The van der Waals surface area contributed by atoms with Crippen LogP contribution in [0.2, 0.25) is 0 Å². The first-order valence-corrected chi connectivity index (χ1v) is 9.94. The second-order valence-corrected chi connectivity index (χ2v) is 6.70. The van der Waals surface area contributed by atoms with E-state index in [0.29, 0.717) is 30.9 Å². The van der Waals surface area contributed by atoms with E-state index < -0.39 is 11.9 Å². The van der Waals surface area contributed by atoms with E-state index in [1.54, 1.807) is 31.2 Å². The fourth-order valence-electron chi connectivity index (χ4n) is 3.06. The molecular weight excluding hydrogens is 394 g/mol. The summed E-state index contributed by atoms with van der Waals surface area (Å²) in [5.74, 6) is -0.376. The number of hydrogen-bond acceptors (Lipinski definition) is 5. The van der Waals surface area contributed by atoms with Crippen molar-refractivity contribution in [1.29, 1.82) is 5.26 Å². The van der Waals surface area contributed by atoms with Gasteiger partial charge in [-0.05, 0) is 48.7 Å². The molecule has 2 N–H and O–H groups in total. The van der Waals surface area contributed by atoms with Crippen molar-refractivity contribution in [3.05, 3.63) is 71.4 Å². The van der Waals surface area contributed by atoms with E-state index in [1.807, 2.05) is 36.5 Å². The minimum Gasteiger partial charge on any atom is -0.482 e. The quantitative estimate of drug-likeness (QED) is 0.316. The Kier molecular flexibility index (Phi) is 7.44. The standard InChI is InChI=1S/C24H23N3O4/c1-2-30-23(28)16-31-20-9-7-17(8-10-20)13-19(14-25)24(29)26-12-11-18-15-27-22-6-4-3-5-21(18)22/h3-10,13,15,27H,2,11-12,16H2,1H3,(H,26,29). The molecule has 1 aromatic heterocycles. The van der Waals surface area contributed by atoms with Gasteiger partial charge in [-0.25, -0.2) is 4.79 Å². The zero-order valence-corrected chi connectivity index (χ0v) is 17.2. The number of carbonyl (C=O) groups excluding carboxylic acids is 2. The highest BCUT2D eigenvalue weighted by molar-refractivity contribution is 6.01. The molecule has 3 aromatic rings. The summed E-state index contributed by atoms with van der Waals surface area (Å²) in [6.45, 7) is 2.27. The molecule has 0 fully saturated rings. The van der Waals surface area contributed by atoms with Crippen LogP contribution in [0.4, 0.5) is 0 Å². The highest BCUT2D eigenvalue weighted by atomic mass is 16.6. The highest BCUT2D eigenvalue weighted by Crippen LogP contribution is 2.18. The molecule has 0 aliphatic carbocycles. The maximum absolute atomic E-state index is 12.4. The van der Waals surface area contributed by atoms with Gasteiger partial charge in [0.1, 0.15) is 17.4 Å². The van der Waals surface area contributed by atoms with E-state index in [1.165, 1.54) is 6.08 Å². The van der Waals surface area contributed by atoms with Crippen LogP contribution in [0, 0.1) is 11.3 Å². The Balaban J connectivity index is 1.54. The summed E-state index contributed by atoms with van der Waals surface area (Å²) in [5, 5.41) is 13.3. The number of nitriles is 1. The van der Waals surface area contributed by atoms with Gasteiger partial charge < -0.3 is 19.8 Å². The number of para-hydroxylation sites is 1. The Bertz CT molecular complexity index is 1120. The number of amides is 1. The van der Waals surface area contributed by atoms with Gasteiger partial charge in [-0.3, -0.25) is 4.79 Å². The van der Waals surface area contributed by atoms with Gasteiger partial charge in [0, 0.05) is 23.6 Å². The van der Waals surface area contributed by atoms with Crippen LogP contribution in [-0.4, -0.2) is 36.6 Å². The SMILES string of the molecule is CCOC(=O)COc1ccc(C=C(C#N)C(=O)NCCc2c[nH]c3ccccc23)cc1. The normalized spacial score (nSPS) is 11.0. The number of hydrogen-bond donors (Lipinski definition) is 2. The van der Waals surface area contributed by atoms with E-state index >= 15 is 0 Å². The van der Waals surface area contributed by atoms with Gasteiger partial charge in [-0.15, -0.1) is 0 Å². The molecule has 3 rings (SSSR count). The molecule has 7 heteroatoms. The predicted octanol–water partition coefficient (Wildman–Crippen LogP) is 3.38. The molecule has 7 nitrogen and oxygen atoms in total.